The van der Waals surface area contributed by atoms with Crippen LogP contribution in [0.15, 0.2) is 211 Å². The van der Waals surface area contributed by atoms with Crippen molar-refractivity contribution in [1.29, 1.82) is 0 Å². The fourth-order valence-corrected chi connectivity index (χ4v) is 9.31. The van der Waals surface area contributed by atoms with Gasteiger partial charge in [-0.15, -0.1) is 0 Å². The molecule has 0 fully saturated rings. The van der Waals surface area contributed by atoms with E-state index in [9.17, 15) is 13.0 Å². The molecule has 342 valence electrons. The van der Waals surface area contributed by atoms with E-state index in [0.717, 1.165) is 101 Å². The SMILES string of the molecule is COc1ccc(N(c2ccc(OC)cc2)c2ccc(-c3ccc4c5ccc(-c6ccc(N(c7ccc(OC)cc7)c7ccc(OC)cc7)cc6)cc5n(-c5ccc(S(=O)(=O)[O-])cc5)c4c3)cc2)cc1.[Na+]. The minimum atomic E-state index is -4.65. The molecule has 0 saturated heterocycles. The Hall–Kier alpha value is -7.51. The number of anilines is 6. The standard InChI is InChI=1S/C58H47N3O7S.Na/c1-65-50-25-15-45(16-26-50)59(46-17-27-51(66-2)28-18-46)43-11-5-39(6-12-43)41-9-35-55-56-36-10-42(38-58(56)61(57(55)37-41)49-23-33-54(34-24-49)69(62,63)64)40-7-13-44(14-8-40)60(47-19-29-52(67-3)30-20-47)48-21-31-53(68-4)32-22-48;/h5-38H,1-4H3,(H,62,63,64);/q;+1/p-1. The van der Waals surface area contributed by atoms with Gasteiger partial charge in [-0.05, 0) is 180 Å². The monoisotopic (exact) mass is 951 g/mol. The van der Waals surface area contributed by atoms with Crippen molar-refractivity contribution in [2.24, 2.45) is 0 Å². The summed E-state index contributed by atoms with van der Waals surface area (Å²) in [5.41, 5.74) is 12.4. The predicted octanol–water partition coefficient (Wildman–Crippen LogP) is 11.0. The quantitative estimate of drug-likeness (QED) is 0.0778. The minimum absolute atomic E-state index is 0. The second-order valence-corrected chi connectivity index (χ2v) is 17.7. The third kappa shape index (κ3) is 9.45. The van der Waals surface area contributed by atoms with Gasteiger partial charge in [0.2, 0.25) is 0 Å². The van der Waals surface area contributed by atoms with Gasteiger partial charge in [0.05, 0.1) is 44.4 Å². The van der Waals surface area contributed by atoms with E-state index in [-0.39, 0.29) is 34.5 Å². The average Bonchev–Trinajstić information content (AvgIpc) is 3.72. The molecule has 1 heterocycles. The van der Waals surface area contributed by atoms with Gasteiger partial charge in [-0.25, -0.2) is 8.42 Å². The van der Waals surface area contributed by atoms with Crippen molar-refractivity contribution < 1.29 is 61.5 Å². The van der Waals surface area contributed by atoms with E-state index in [0.29, 0.717) is 5.69 Å². The Kier molecular flexibility index (Phi) is 13.7. The van der Waals surface area contributed by atoms with E-state index < -0.39 is 10.1 Å². The van der Waals surface area contributed by atoms with Gasteiger partial charge in [-0.3, -0.25) is 0 Å². The molecule has 10 nitrogen and oxygen atoms in total. The fourth-order valence-electron chi connectivity index (χ4n) is 8.84. The Balaban J connectivity index is 0.00000608. The molecule has 0 saturated carbocycles. The van der Waals surface area contributed by atoms with E-state index in [4.69, 9.17) is 18.9 Å². The molecule has 0 spiro atoms. The molecule has 10 aromatic rings. The van der Waals surface area contributed by atoms with Crippen LogP contribution >= 0.6 is 0 Å². The van der Waals surface area contributed by atoms with Crippen molar-refractivity contribution in [3.05, 3.63) is 206 Å². The van der Waals surface area contributed by atoms with Gasteiger partial charge in [-0.1, -0.05) is 48.5 Å². The average molecular weight is 952 g/mol. The van der Waals surface area contributed by atoms with Crippen molar-refractivity contribution >= 4 is 66.0 Å². The number of rotatable bonds is 14. The first-order chi connectivity index (χ1) is 33.6. The van der Waals surface area contributed by atoms with E-state index in [1.54, 1.807) is 40.6 Å². The third-order valence-corrected chi connectivity index (χ3v) is 13.2. The van der Waals surface area contributed by atoms with Gasteiger partial charge in [0, 0.05) is 50.6 Å². The minimum Gasteiger partial charge on any atom is -0.744 e. The molecule has 10 rings (SSSR count). The molecule has 0 aliphatic rings. The maximum atomic E-state index is 12.0. The van der Waals surface area contributed by atoms with E-state index in [2.05, 4.69) is 99.3 Å². The number of hydrogen-bond acceptors (Lipinski definition) is 9. The molecule has 0 aliphatic heterocycles. The summed E-state index contributed by atoms with van der Waals surface area (Å²) in [4.78, 5) is 4.07. The topological polar surface area (TPSA) is 106 Å². The van der Waals surface area contributed by atoms with Gasteiger partial charge in [0.25, 0.3) is 0 Å². The first-order valence-corrected chi connectivity index (χ1v) is 23.5. The fraction of sp³-hybridized carbons (Fsp3) is 0.0690. The van der Waals surface area contributed by atoms with E-state index in [1.807, 2.05) is 97.1 Å². The Labute approximate surface area is 429 Å². The summed E-state index contributed by atoms with van der Waals surface area (Å²) in [5, 5.41) is 2.04. The second kappa shape index (κ2) is 20.2. The van der Waals surface area contributed by atoms with Crippen LogP contribution in [0.3, 0.4) is 0 Å². The van der Waals surface area contributed by atoms with Gasteiger partial charge in [0.15, 0.2) is 0 Å². The van der Waals surface area contributed by atoms with Crippen LogP contribution in [0.25, 0.3) is 49.7 Å². The maximum Gasteiger partial charge on any atom is 1.00 e. The molecule has 0 aliphatic carbocycles. The van der Waals surface area contributed by atoms with Gasteiger partial charge >= 0.3 is 29.6 Å². The summed E-state index contributed by atoms with van der Waals surface area (Å²) in [7, 11) is 1.98. The summed E-state index contributed by atoms with van der Waals surface area (Å²) in [6.07, 6.45) is 0. The molecular weight excluding hydrogens is 906 g/mol. The van der Waals surface area contributed by atoms with Crippen molar-refractivity contribution in [2.75, 3.05) is 38.2 Å². The second-order valence-electron chi connectivity index (χ2n) is 16.3. The van der Waals surface area contributed by atoms with E-state index in [1.165, 1.54) is 12.1 Å². The van der Waals surface area contributed by atoms with Crippen molar-refractivity contribution in [3.8, 4) is 50.9 Å². The summed E-state index contributed by atoms with van der Waals surface area (Å²) in [6.45, 7) is 0. The summed E-state index contributed by atoms with van der Waals surface area (Å²) < 4.78 is 60.0. The molecule has 70 heavy (non-hydrogen) atoms. The van der Waals surface area contributed by atoms with Crippen molar-refractivity contribution in [3.63, 3.8) is 0 Å². The number of nitrogens with zero attached hydrogens (tertiary/aromatic N) is 3. The van der Waals surface area contributed by atoms with Crippen LogP contribution in [0.1, 0.15) is 0 Å². The number of benzene rings is 9. The first-order valence-electron chi connectivity index (χ1n) is 22.1. The molecule has 0 radical (unpaired) electrons. The zero-order valence-corrected chi connectivity index (χ0v) is 42.1. The van der Waals surface area contributed by atoms with Crippen LogP contribution in [0.5, 0.6) is 23.0 Å². The summed E-state index contributed by atoms with van der Waals surface area (Å²) in [5.74, 6) is 3.08. The molecule has 0 atom stereocenters. The molecule has 9 aromatic carbocycles. The largest absolute Gasteiger partial charge is 1.00 e. The summed E-state index contributed by atoms with van der Waals surface area (Å²) >= 11 is 0. The van der Waals surface area contributed by atoms with Crippen LogP contribution in [-0.4, -0.2) is 46.0 Å². The number of ether oxygens (including phenoxy) is 4. The van der Waals surface area contributed by atoms with Gasteiger partial charge in [0.1, 0.15) is 33.1 Å². The molecule has 0 amide bonds. The predicted molar refractivity (Wildman–Crippen MR) is 275 cm³/mol. The van der Waals surface area contributed by atoms with Crippen LogP contribution in [0.4, 0.5) is 34.1 Å². The molecule has 0 unspecified atom stereocenters. The third-order valence-electron chi connectivity index (χ3n) is 12.4. The summed E-state index contributed by atoms with van der Waals surface area (Å²) in [6, 6.07) is 67.7. The normalized spacial score (nSPS) is 11.2. The van der Waals surface area contributed by atoms with Crippen LogP contribution in [-0.2, 0) is 10.1 Å². The van der Waals surface area contributed by atoms with E-state index >= 15 is 0 Å². The van der Waals surface area contributed by atoms with Crippen LogP contribution in [0.2, 0.25) is 0 Å². The van der Waals surface area contributed by atoms with Gasteiger partial charge < -0.3 is 37.9 Å². The molecule has 1 aromatic heterocycles. The maximum absolute atomic E-state index is 12.0. The van der Waals surface area contributed by atoms with Crippen LogP contribution in [0, 0.1) is 0 Å². The van der Waals surface area contributed by atoms with Crippen molar-refractivity contribution in [2.45, 2.75) is 4.90 Å². The first kappa shape index (κ1) is 47.6. The zero-order chi connectivity index (χ0) is 47.6. The molecule has 0 N–H and O–H groups in total. The van der Waals surface area contributed by atoms with Crippen molar-refractivity contribution in [1.82, 2.24) is 4.57 Å². The Morgan fingerprint density at radius 2 is 0.643 bits per heavy atom. The van der Waals surface area contributed by atoms with Crippen LogP contribution < -0.4 is 58.3 Å². The zero-order valence-electron chi connectivity index (χ0n) is 39.2. The number of methoxy groups -OCH3 is 4. The molecule has 12 heteroatoms. The van der Waals surface area contributed by atoms with Gasteiger partial charge in [-0.2, -0.15) is 0 Å². The Morgan fingerprint density at radius 3 is 0.914 bits per heavy atom. The molecular formula is C58H46N3NaO7S. The smallest absolute Gasteiger partial charge is 0.744 e. The number of aromatic nitrogens is 1. The number of fused-ring (bicyclic) bond motifs is 3. The Morgan fingerprint density at radius 1 is 0.371 bits per heavy atom. The molecule has 0 bridgehead atoms. The number of hydrogen-bond donors (Lipinski definition) is 0. The Bertz CT molecular complexity index is 3240.